The molecule has 0 bridgehead atoms. The van der Waals surface area contributed by atoms with Gasteiger partial charge in [-0.05, 0) is 47.7 Å². The van der Waals surface area contributed by atoms with E-state index >= 15 is 0 Å². The number of anilines is 1. The third-order valence-corrected chi connectivity index (χ3v) is 6.73. The van der Waals surface area contributed by atoms with E-state index in [1.807, 2.05) is 42.5 Å². The molecule has 0 spiro atoms. The molecule has 0 unspecified atom stereocenters. The number of benzene rings is 2. The number of H-pyrrole nitrogens is 2. The first-order valence-electron chi connectivity index (χ1n) is 10.3. The number of nitrogens with one attached hydrogen (secondary N) is 3. The van der Waals surface area contributed by atoms with Crippen LogP contribution in [0.15, 0.2) is 63.0 Å². The van der Waals surface area contributed by atoms with Gasteiger partial charge in [0.15, 0.2) is 17.3 Å². The highest BCUT2D eigenvalue weighted by atomic mass is 79.9. The normalized spacial score (nSPS) is 19.8. The Balaban J connectivity index is 1.59. The summed E-state index contributed by atoms with van der Waals surface area (Å²) in [5.41, 5.74) is 3.74. The van der Waals surface area contributed by atoms with E-state index in [1.54, 1.807) is 14.2 Å². The zero-order valence-corrected chi connectivity index (χ0v) is 19.2. The Hall–Kier alpha value is -3.26. The number of aromatic amines is 2. The Morgan fingerprint density at radius 2 is 1.75 bits per heavy atom. The monoisotopic (exact) mass is 495 g/mol. The van der Waals surface area contributed by atoms with Crippen molar-refractivity contribution >= 4 is 27.5 Å². The predicted octanol–water partition coefficient (Wildman–Crippen LogP) is 4.44. The average Bonchev–Trinajstić information content (AvgIpc) is 3.17. The molecule has 0 radical (unpaired) electrons. The summed E-state index contributed by atoms with van der Waals surface area (Å²) in [6.45, 7) is 0. The summed E-state index contributed by atoms with van der Waals surface area (Å²) in [5.74, 6) is 1.50. The fourth-order valence-corrected chi connectivity index (χ4v) is 5.20. The lowest BCUT2D eigenvalue weighted by atomic mass is 9.73. The van der Waals surface area contributed by atoms with Gasteiger partial charge in [0.2, 0.25) is 0 Å². The second kappa shape index (κ2) is 8.02. The number of carbonyl (C=O) groups excluding carboxylic acids is 1. The number of allylic oxidation sites excluding steroid dienone is 2. The molecule has 3 aromatic rings. The van der Waals surface area contributed by atoms with E-state index < -0.39 is 5.92 Å². The molecule has 0 saturated carbocycles. The van der Waals surface area contributed by atoms with Crippen LogP contribution < -0.4 is 20.3 Å². The molecule has 2 heterocycles. The molecule has 32 heavy (non-hydrogen) atoms. The van der Waals surface area contributed by atoms with Crippen LogP contribution in [0.3, 0.4) is 0 Å². The molecular formula is C24H22BrN3O4. The summed E-state index contributed by atoms with van der Waals surface area (Å²) < 4.78 is 11.7. The van der Waals surface area contributed by atoms with E-state index in [2.05, 4.69) is 31.4 Å². The smallest absolute Gasteiger partial charge is 0.270 e. The van der Waals surface area contributed by atoms with E-state index in [4.69, 9.17) is 9.47 Å². The van der Waals surface area contributed by atoms with Gasteiger partial charge in [-0.3, -0.25) is 19.8 Å². The molecular weight excluding hydrogens is 474 g/mol. The molecule has 1 aromatic heterocycles. The molecule has 2 aromatic carbocycles. The molecule has 8 heteroatoms. The van der Waals surface area contributed by atoms with Crippen LogP contribution in [0.2, 0.25) is 0 Å². The minimum absolute atomic E-state index is 0.0103. The molecule has 5 rings (SSSR count). The Labute approximate surface area is 192 Å². The van der Waals surface area contributed by atoms with E-state index in [0.717, 1.165) is 21.3 Å². The third-order valence-electron chi connectivity index (χ3n) is 6.24. The quantitative estimate of drug-likeness (QED) is 0.497. The van der Waals surface area contributed by atoms with Crippen LogP contribution in [0, 0.1) is 0 Å². The SMILES string of the molecule is COc1ccc([C@@H]2CC(=O)C3=C(C2)Nc2[nH][nH]c(=O)c2[C@H]3c2cccc(Br)c2)cc1OC. The van der Waals surface area contributed by atoms with Crippen LogP contribution in [-0.2, 0) is 4.79 Å². The fraction of sp³-hybridized carbons (Fsp3) is 0.250. The highest BCUT2D eigenvalue weighted by Crippen LogP contribution is 2.47. The van der Waals surface area contributed by atoms with E-state index in [9.17, 15) is 9.59 Å². The number of ether oxygens (including phenoxy) is 2. The molecule has 164 valence electrons. The molecule has 2 aliphatic rings. The van der Waals surface area contributed by atoms with E-state index in [0.29, 0.717) is 41.3 Å². The summed E-state index contributed by atoms with van der Waals surface area (Å²) in [6.07, 6.45) is 1.01. The summed E-state index contributed by atoms with van der Waals surface area (Å²) in [7, 11) is 3.20. The van der Waals surface area contributed by atoms with Crippen molar-refractivity contribution in [2.75, 3.05) is 19.5 Å². The average molecular weight is 496 g/mol. The number of carbonyl (C=O) groups is 1. The lowest BCUT2D eigenvalue weighted by Crippen LogP contribution is -2.31. The van der Waals surface area contributed by atoms with Crippen molar-refractivity contribution in [2.24, 2.45) is 0 Å². The van der Waals surface area contributed by atoms with Crippen LogP contribution in [0.4, 0.5) is 5.82 Å². The number of fused-ring (bicyclic) bond motifs is 1. The largest absolute Gasteiger partial charge is 0.493 e. The first-order chi connectivity index (χ1) is 15.5. The van der Waals surface area contributed by atoms with Crippen LogP contribution in [0.25, 0.3) is 0 Å². The zero-order valence-electron chi connectivity index (χ0n) is 17.6. The number of halogens is 1. The van der Waals surface area contributed by atoms with E-state index in [1.165, 1.54) is 0 Å². The Kier molecular flexibility index (Phi) is 5.17. The molecule has 0 saturated heterocycles. The van der Waals surface area contributed by atoms with Gasteiger partial charge in [-0.2, -0.15) is 0 Å². The Morgan fingerprint density at radius 3 is 2.50 bits per heavy atom. The number of rotatable bonds is 4. The lowest BCUT2D eigenvalue weighted by molar-refractivity contribution is -0.116. The molecule has 2 atom stereocenters. The second-order valence-electron chi connectivity index (χ2n) is 8.02. The van der Waals surface area contributed by atoms with Crippen LogP contribution in [0.1, 0.15) is 41.4 Å². The zero-order chi connectivity index (χ0) is 22.4. The van der Waals surface area contributed by atoms with Gasteiger partial charge in [0, 0.05) is 28.1 Å². The number of methoxy groups -OCH3 is 2. The van der Waals surface area contributed by atoms with E-state index in [-0.39, 0.29) is 17.3 Å². The Bertz CT molecular complexity index is 1310. The molecule has 0 amide bonds. The van der Waals surface area contributed by atoms with Crippen molar-refractivity contribution in [3.63, 3.8) is 0 Å². The van der Waals surface area contributed by atoms with Gasteiger partial charge in [-0.15, -0.1) is 0 Å². The van der Waals surface area contributed by atoms with Gasteiger partial charge in [-0.25, -0.2) is 0 Å². The molecule has 7 nitrogen and oxygen atoms in total. The minimum atomic E-state index is -0.424. The van der Waals surface area contributed by atoms with Gasteiger partial charge in [0.25, 0.3) is 5.56 Å². The van der Waals surface area contributed by atoms with Crippen molar-refractivity contribution in [2.45, 2.75) is 24.7 Å². The van der Waals surface area contributed by atoms with Gasteiger partial charge in [-0.1, -0.05) is 34.1 Å². The predicted molar refractivity (Wildman–Crippen MR) is 125 cm³/mol. The summed E-state index contributed by atoms with van der Waals surface area (Å²) >= 11 is 3.51. The summed E-state index contributed by atoms with van der Waals surface area (Å²) in [4.78, 5) is 26.1. The van der Waals surface area contributed by atoms with Gasteiger partial charge < -0.3 is 14.8 Å². The second-order valence-corrected chi connectivity index (χ2v) is 8.93. The lowest BCUT2D eigenvalue weighted by Gasteiger charge is -2.34. The maximum Gasteiger partial charge on any atom is 0.270 e. The molecule has 1 aliphatic carbocycles. The summed E-state index contributed by atoms with van der Waals surface area (Å²) in [5, 5.41) is 8.92. The van der Waals surface area contributed by atoms with Crippen molar-refractivity contribution in [1.82, 2.24) is 10.2 Å². The van der Waals surface area contributed by atoms with Crippen LogP contribution in [-0.4, -0.2) is 30.2 Å². The maximum atomic E-state index is 13.5. The minimum Gasteiger partial charge on any atom is -0.493 e. The Morgan fingerprint density at radius 1 is 0.938 bits per heavy atom. The van der Waals surface area contributed by atoms with Gasteiger partial charge in [0.05, 0.1) is 19.8 Å². The summed E-state index contributed by atoms with van der Waals surface area (Å²) in [6, 6.07) is 13.5. The van der Waals surface area contributed by atoms with Crippen LogP contribution >= 0.6 is 15.9 Å². The number of Topliss-reactive ketones (excluding diaryl/α,β-unsaturated/α-hetero) is 1. The molecule has 0 fully saturated rings. The molecule has 3 N–H and O–H groups in total. The van der Waals surface area contributed by atoms with Gasteiger partial charge >= 0.3 is 0 Å². The van der Waals surface area contributed by atoms with Crippen LogP contribution in [0.5, 0.6) is 11.5 Å². The first-order valence-corrected chi connectivity index (χ1v) is 11.1. The number of ketones is 1. The highest BCUT2D eigenvalue weighted by molar-refractivity contribution is 9.10. The first kappa shape index (κ1) is 20.6. The fourth-order valence-electron chi connectivity index (χ4n) is 4.78. The van der Waals surface area contributed by atoms with Crippen molar-refractivity contribution < 1.29 is 14.3 Å². The van der Waals surface area contributed by atoms with Crippen molar-refractivity contribution in [1.29, 1.82) is 0 Å². The third kappa shape index (κ3) is 3.35. The number of hydrogen-bond acceptors (Lipinski definition) is 5. The van der Waals surface area contributed by atoms with Gasteiger partial charge in [0.1, 0.15) is 5.82 Å². The number of hydrogen-bond donors (Lipinski definition) is 3. The van der Waals surface area contributed by atoms with Crippen molar-refractivity contribution in [3.05, 3.63) is 85.3 Å². The maximum absolute atomic E-state index is 13.5. The standard InChI is InChI=1S/C24H22BrN3O4/c1-31-18-7-6-12(11-19(18)32-2)14-9-16-21(17(29)10-14)20(13-4-3-5-15(25)8-13)22-23(26-16)27-28-24(22)30/h3-8,11,14,20H,9-10H2,1-2H3,(H3,26,27,28,30)/t14-,20-/m0/s1. The highest BCUT2D eigenvalue weighted by Gasteiger charge is 2.40. The topological polar surface area (TPSA) is 96.2 Å². The molecule has 1 aliphatic heterocycles. The van der Waals surface area contributed by atoms with Crippen molar-refractivity contribution in [3.8, 4) is 11.5 Å². The number of aromatic nitrogens is 2.